The van der Waals surface area contributed by atoms with Crippen molar-refractivity contribution in [2.45, 2.75) is 39.1 Å². The Balaban J connectivity index is 2.18. The molecule has 3 heteroatoms. The van der Waals surface area contributed by atoms with Crippen LogP contribution >= 0.6 is 0 Å². The highest BCUT2D eigenvalue weighted by molar-refractivity contribution is 4.65. The van der Waals surface area contributed by atoms with Crippen molar-refractivity contribution in [3.8, 4) is 0 Å². The molecule has 0 saturated carbocycles. The molecule has 0 spiro atoms. The second-order valence-electron chi connectivity index (χ2n) is 3.45. The number of rotatable bonds is 4. The Bertz CT molecular complexity index is 127. The van der Waals surface area contributed by atoms with E-state index in [1.165, 1.54) is 0 Å². The van der Waals surface area contributed by atoms with Crippen LogP contribution in [0.25, 0.3) is 0 Å². The zero-order valence-corrected chi connectivity index (χ0v) is 7.82. The van der Waals surface area contributed by atoms with E-state index in [1.54, 1.807) is 0 Å². The molecule has 1 heterocycles. The van der Waals surface area contributed by atoms with Gasteiger partial charge in [0.1, 0.15) is 6.10 Å². The van der Waals surface area contributed by atoms with Crippen LogP contribution in [-0.4, -0.2) is 30.7 Å². The summed E-state index contributed by atoms with van der Waals surface area (Å²) < 4.78 is 10.8. The molecule has 0 bridgehead atoms. The molecule has 0 aromatic heterocycles. The summed E-state index contributed by atoms with van der Waals surface area (Å²) in [6.07, 6.45) is 1.90. The fourth-order valence-electron chi connectivity index (χ4n) is 1.22. The molecule has 72 valence electrons. The van der Waals surface area contributed by atoms with Gasteiger partial charge in [-0.25, -0.2) is 0 Å². The Kier molecular flexibility index (Phi) is 3.98. The van der Waals surface area contributed by atoms with Gasteiger partial charge in [-0.15, -0.1) is 0 Å². The topological polar surface area (TPSA) is 38.7 Å². The average Bonchev–Trinajstić information content (AvgIpc) is 2.52. The Hall–Kier alpha value is -0.120. The van der Waals surface area contributed by atoms with Crippen LogP contribution in [0.4, 0.5) is 0 Å². The lowest BCUT2D eigenvalue weighted by molar-refractivity contribution is -0.0768. The van der Waals surface area contributed by atoms with Crippen molar-refractivity contribution in [2.75, 3.05) is 13.2 Å². The first-order chi connectivity index (χ1) is 5.76. The summed E-state index contributed by atoms with van der Waals surface area (Å²) in [6.45, 7) is 4.94. The monoisotopic (exact) mass is 174 g/mol. The minimum Gasteiger partial charge on any atom is -0.394 e. The molecule has 12 heavy (non-hydrogen) atoms. The van der Waals surface area contributed by atoms with Gasteiger partial charge in [0, 0.05) is 6.42 Å². The van der Waals surface area contributed by atoms with Crippen molar-refractivity contribution in [2.24, 2.45) is 5.92 Å². The fraction of sp³-hybridized carbons (Fsp3) is 1.00. The molecule has 0 aliphatic carbocycles. The molecule has 1 fully saturated rings. The van der Waals surface area contributed by atoms with Crippen molar-refractivity contribution in [1.82, 2.24) is 0 Å². The molecule has 0 aromatic carbocycles. The van der Waals surface area contributed by atoms with E-state index in [0.29, 0.717) is 12.5 Å². The minimum absolute atomic E-state index is 0.0665. The quantitative estimate of drug-likeness (QED) is 0.695. The van der Waals surface area contributed by atoms with Crippen LogP contribution in [0.2, 0.25) is 0 Å². The van der Waals surface area contributed by atoms with Gasteiger partial charge in [0.25, 0.3) is 0 Å². The van der Waals surface area contributed by atoms with Crippen molar-refractivity contribution >= 4 is 0 Å². The van der Waals surface area contributed by atoms with Gasteiger partial charge >= 0.3 is 0 Å². The summed E-state index contributed by atoms with van der Waals surface area (Å²) in [6, 6.07) is 0. The van der Waals surface area contributed by atoms with E-state index >= 15 is 0 Å². The van der Waals surface area contributed by atoms with E-state index in [1.807, 2.05) is 0 Å². The molecule has 3 atom stereocenters. The van der Waals surface area contributed by atoms with Crippen molar-refractivity contribution in [3.63, 3.8) is 0 Å². The first kappa shape index (κ1) is 9.96. The maximum absolute atomic E-state index is 8.77. The van der Waals surface area contributed by atoms with E-state index in [4.69, 9.17) is 14.6 Å². The molecule has 1 aliphatic heterocycles. The van der Waals surface area contributed by atoms with Crippen molar-refractivity contribution in [3.05, 3.63) is 0 Å². The summed E-state index contributed by atoms with van der Waals surface area (Å²) in [5.41, 5.74) is 0. The normalized spacial score (nSPS) is 32.2. The van der Waals surface area contributed by atoms with Crippen LogP contribution in [0.3, 0.4) is 0 Å². The lowest BCUT2D eigenvalue weighted by Gasteiger charge is -2.14. The Morgan fingerprint density at radius 2 is 2.33 bits per heavy atom. The fourth-order valence-corrected chi connectivity index (χ4v) is 1.22. The lowest BCUT2D eigenvalue weighted by Crippen LogP contribution is -2.17. The summed E-state index contributed by atoms with van der Waals surface area (Å²) >= 11 is 0. The van der Waals surface area contributed by atoms with Gasteiger partial charge in [-0.05, 0) is 5.92 Å². The average molecular weight is 174 g/mol. The largest absolute Gasteiger partial charge is 0.394 e. The summed E-state index contributed by atoms with van der Waals surface area (Å²) in [5.74, 6) is 0.632. The number of aliphatic hydroxyl groups excluding tert-OH is 1. The summed E-state index contributed by atoms with van der Waals surface area (Å²) in [5, 5.41) is 8.77. The van der Waals surface area contributed by atoms with E-state index in [0.717, 1.165) is 12.8 Å². The second-order valence-corrected chi connectivity index (χ2v) is 3.45. The van der Waals surface area contributed by atoms with Crippen LogP contribution in [0.15, 0.2) is 0 Å². The molecular weight excluding hydrogens is 156 g/mol. The standard InChI is InChI=1S/C9H18O3/c1-3-7(2)4-9-11-6-8(5-10)12-9/h7-10H,3-6H2,1-2H3. The molecule has 3 unspecified atom stereocenters. The highest BCUT2D eigenvalue weighted by Crippen LogP contribution is 2.19. The van der Waals surface area contributed by atoms with Gasteiger partial charge in [0.2, 0.25) is 0 Å². The van der Waals surface area contributed by atoms with E-state index in [-0.39, 0.29) is 19.0 Å². The zero-order chi connectivity index (χ0) is 8.97. The third-order valence-electron chi connectivity index (χ3n) is 2.31. The third kappa shape index (κ3) is 2.73. The highest BCUT2D eigenvalue weighted by Gasteiger charge is 2.25. The maximum Gasteiger partial charge on any atom is 0.158 e. The van der Waals surface area contributed by atoms with E-state index in [9.17, 15) is 0 Å². The summed E-state index contributed by atoms with van der Waals surface area (Å²) in [7, 11) is 0. The maximum atomic E-state index is 8.77. The lowest BCUT2D eigenvalue weighted by atomic mass is 10.1. The Labute approximate surface area is 73.7 Å². The van der Waals surface area contributed by atoms with Crippen LogP contribution < -0.4 is 0 Å². The van der Waals surface area contributed by atoms with Gasteiger partial charge < -0.3 is 14.6 Å². The molecule has 1 rings (SSSR count). The van der Waals surface area contributed by atoms with Gasteiger partial charge in [-0.1, -0.05) is 20.3 Å². The van der Waals surface area contributed by atoms with Crippen LogP contribution in [0, 0.1) is 5.92 Å². The molecule has 0 aromatic rings. The van der Waals surface area contributed by atoms with Gasteiger partial charge in [0.05, 0.1) is 13.2 Å². The van der Waals surface area contributed by atoms with E-state index in [2.05, 4.69) is 13.8 Å². The van der Waals surface area contributed by atoms with Gasteiger partial charge in [0.15, 0.2) is 6.29 Å². The zero-order valence-electron chi connectivity index (χ0n) is 7.82. The number of aliphatic hydroxyl groups is 1. The van der Waals surface area contributed by atoms with Gasteiger partial charge in [-0.3, -0.25) is 0 Å². The molecule has 1 saturated heterocycles. The van der Waals surface area contributed by atoms with Crippen molar-refractivity contribution < 1.29 is 14.6 Å². The number of hydrogen-bond acceptors (Lipinski definition) is 3. The SMILES string of the molecule is CCC(C)CC1OCC(CO)O1. The first-order valence-corrected chi connectivity index (χ1v) is 4.64. The molecule has 1 aliphatic rings. The van der Waals surface area contributed by atoms with Crippen LogP contribution in [-0.2, 0) is 9.47 Å². The highest BCUT2D eigenvalue weighted by atomic mass is 16.7. The minimum atomic E-state index is -0.0981. The summed E-state index contributed by atoms with van der Waals surface area (Å²) in [4.78, 5) is 0. The second kappa shape index (κ2) is 4.80. The number of ether oxygens (including phenoxy) is 2. The number of hydrogen-bond donors (Lipinski definition) is 1. The van der Waals surface area contributed by atoms with Crippen LogP contribution in [0.5, 0.6) is 0 Å². The Morgan fingerprint density at radius 1 is 1.58 bits per heavy atom. The molecule has 3 nitrogen and oxygen atoms in total. The van der Waals surface area contributed by atoms with E-state index < -0.39 is 0 Å². The Morgan fingerprint density at radius 3 is 2.83 bits per heavy atom. The predicted octanol–water partition coefficient (Wildman–Crippen LogP) is 1.16. The predicted molar refractivity (Wildman–Crippen MR) is 45.8 cm³/mol. The molecule has 0 amide bonds. The molecule has 0 radical (unpaired) electrons. The third-order valence-corrected chi connectivity index (χ3v) is 2.31. The molecular formula is C9H18O3. The van der Waals surface area contributed by atoms with Crippen molar-refractivity contribution in [1.29, 1.82) is 0 Å². The smallest absolute Gasteiger partial charge is 0.158 e. The molecule has 1 N–H and O–H groups in total. The first-order valence-electron chi connectivity index (χ1n) is 4.64. The van der Waals surface area contributed by atoms with Gasteiger partial charge in [-0.2, -0.15) is 0 Å². The van der Waals surface area contributed by atoms with Crippen LogP contribution in [0.1, 0.15) is 26.7 Å².